The van der Waals surface area contributed by atoms with Crippen LogP contribution in [0.2, 0.25) is 0 Å². The molecule has 0 aromatic heterocycles. The van der Waals surface area contributed by atoms with E-state index in [1.165, 1.54) is 18.4 Å². The first-order chi connectivity index (χ1) is 9.13. The minimum atomic E-state index is 0.560. The van der Waals surface area contributed by atoms with Crippen LogP contribution in [0, 0.1) is 0 Å². The number of hydrogen-bond donors (Lipinski definition) is 1. The highest BCUT2D eigenvalue weighted by Crippen LogP contribution is 2.20. The second-order valence-electron chi connectivity index (χ2n) is 5.53. The third-order valence-electron chi connectivity index (χ3n) is 3.38. The summed E-state index contributed by atoms with van der Waals surface area (Å²) in [6.07, 6.45) is 3.57. The predicted octanol–water partition coefficient (Wildman–Crippen LogP) is 4.36. The van der Waals surface area contributed by atoms with Crippen LogP contribution in [0.25, 0.3) is 0 Å². The normalized spacial score (nSPS) is 12.7. The lowest BCUT2D eigenvalue weighted by atomic mass is 10.0. The largest absolute Gasteiger partial charge is 0.494 e. The number of ether oxygens (including phenoxy) is 1. The lowest BCUT2D eigenvalue weighted by Crippen LogP contribution is -2.25. The Morgan fingerprint density at radius 2 is 1.95 bits per heavy atom. The van der Waals surface area contributed by atoms with Gasteiger partial charge >= 0.3 is 0 Å². The summed E-state index contributed by atoms with van der Waals surface area (Å²) in [6, 6.07) is 9.07. The standard InChI is InChI=1S/C17H29NO/c1-5-18-15(4)9-6-7-12-19-17-11-8-10-16(13-17)14(2)3/h8,10-11,13-15,18H,5-7,9,12H2,1-4H3. The van der Waals surface area contributed by atoms with E-state index in [2.05, 4.69) is 51.2 Å². The highest BCUT2D eigenvalue weighted by atomic mass is 16.5. The second kappa shape index (κ2) is 8.98. The van der Waals surface area contributed by atoms with Crippen LogP contribution in [0.4, 0.5) is 0 Å². The van der Waals surface area contributed by atoms with Crippen molar-refractivity contribution < 1.29 is 4.74 Å². The summed E-state index contributed by atoms with van der Waals surface area (Å²) in [4.78, 5) is 0. The van der Waals surface area contributed by atoms with Gasteiger partial charge in [0.25, 0.3) is 0 Å². The van der Waals surface area contributed by atoms with Crippen LogP contribution in [0.5, 0.6) is 5.75 Å². The van der Waals surface area contributed by atoms with Gasteiger partial charge in [0.15, 0.2) is 0 Å². The number of hydrogen-bond acceptors (Lipinski definition) is 2. The molecule has 1 atom stereocenters. The van der Waals surface area contributed by atoms with Gasteiger partial charge in [0, 0.05) is 6.04 Å². The summed E-state index contributed by atoms with van der Waals surface area (Å²) in [5.41, 5.74) is 1.35. The second-order valence-corrected chi connectivity index (χ2v) is 5.53. The first kappa shape index (κ1) is 16.0. The Kier molecular flexibility index (Phi) is 7.57. The van der Waals surface area contributed by atoms with Crippen LogP contribution in [0.15, 0.2) is 24.3 Å². The zero-order valence-electron chi connectivity index (χ0n) is 12.9. The molecule has 0 amide bonds. The van der Waals surface area contributed by atoms with Crippen molar-refractivity contribution in [3.8, 4) is 5.75 Å². The Balaban J connectivity index is 2.20. The molecule has 19 heavy (non-hydrogen) atoms. The fourth-order valence-corrected chi connectivity index (χ4v) is 2.16. The Morgan fingerprint density at radius 1 is 1.16 bits per heavy atom. The maximum atomic E-state index is 5.82. The topological polar surface area (TPSA) is 21.3 Å². The first-order valence-electron chi connectivity index (χ1n) is 7.59. The molecule has 2 nitrogen and oxygen atoms in total. The number of rotatable bonds is 9. The monoisotopic (exact) mass is 263 g/mol. The van der Waals surface area contributed by atoms with Gasteiger partial charge in [-0.2, -0.15) is 0 Å². The molecule has 0 spiro atoms. The van der Waals surface area contributed by atoms with Crippen molar-refractivity contribution in [2.75, 3.05) is 13.2 Å². The number of unbranched alkanes of at least 4 members (excludes halogenated alkanes) is 1. The summed E-state index contributed by atoms with van der Waals surface area (Å²) >= 11 is 0. The lowest BCUT2D eigenvalue weighted by Gasteiger charge is -2.12. The van der Waals surface area contributed by atoms with E-state index >= 15 is 0 Å². The lowest BCUT2D eigenvalue weighted by molar-refractivity contribution is 0.301. The van der Waals surface area contributed by atoms with Gasteiger partial charge < -0.3 is 10.1 Å². The molecule has 0 fully saturated rings. The molecule has 2 heteroatoms. The molecule has 0 saturated carbocycles. The minimum Gasteiger partial charge on any atom is -0.494 e. The number of nitrogens with one attached hydrogen (secondary N) is 1. The molecular formula is C17H29NO. The van der Waals surface area contributed by atoms with Crippen molar-refractivity contribution in [2.24, 2.45) is 0 Å². The molecule has 1 unspecified atom stereocenters. The first-order valence-corrected chi connectivity index (χ1v) is 7.59. The van der Waals surface area contributed by atoms with E-state index in [9.17, 15) is 0 Å². The van der Waals surface area contributed by atoms with Gasteiger partial charge in [0.2, 0.25) is 0 Å². The van der Waals surface area contributed by atoms with Crippen LogP contribution in [-0.2, 0) is 0 Å². The maximum absolute atomic E-state index is 5.82. The molecule has 0 aliphatic carbocycles. The van der Waals surface area contributed by atoms with Gasteiger partial charge in [-0.05, 0) is 56.3 Å². The quantitative estimate of drug-likeness (QED) is 0.668. The van der Waals surface area contributed by atoms with Crippen molar-refractivity contribution in [1.29, 1.82) is 0 Å². The van der Waals surface area contributed by atoms with Gasteiger partial charge in [0.1, 0.15) is 5.75 Å². The fourth-order valence-electron chi connectivity index (χ4n) is 2.16. The average molecular weight is 263 g/mol. The van der Waals surface area contributed by atoms with Gasteiger partial charge in [-0.15, -0.1) is 0 Å². The van der Waals surface area contributed by atoms with Crippen molar-refractivity contribution >= 4 is 0 Å². The van der Waals surface area contributed by atoms with E-state index in [1.54, 1.807) is 0 Å². The average Bonchev–Trinajstić information content (AvgIpc) is 2.39. The summed E-state index contributed by atoms with van der Waals surface area (Å²) < 4.78 is 5.82. The zero-order chi connectivity index (χ0) is 14.1. The molecule has 0 saturated heterocycles. The minimum absolute atomic E-state index is 0.560. The van der Waals surface area contributed by atoms with Crippen molar-refractivity contribution in [2.45, 2.75) is 58.9 Å². The molecular weight excluding hydrogens is 234 g/mol. The van der Waals surface area contributed by atoms with Crippen LogP contribution in [0.3, 0.4) is 0 Å². The van der Waals surface area contributed by atoms with Gasteiger partial charge in [-0.3, -0.25) is 0 Å². The van der Waals surface area contributed by atoms with Gasteiger partial charge in [-0.25, -0.2) is 0 Å². The molecule has 0 aliphatic heterocycles. The highest BCUT2D eigenvalue weighted by Gasteiger charge is 2.02. The summed E-state index contributed by atoms with van der Waals surface area (Å²) in [5.74, 6) is 1.57. The van der Waals surface area contributed by atoms with Crippen molar-refractivity contribution in [3.05, 3.63) is 29.8 Å². The maximum Gasteiger partial charge on any atom is 0.119 e. The predicted molar refractivity (Wildman–Crippen MR) is 83.0 cm³/mol. The van der Waals surface area contributed by atoms with E-state index in [1.807, 2.05) is 6.07 Å². The van der Waals surface area contributed by atoms with Crippen LogP contribution >= 0.6 is 0 Å². The Morgan fingerprint density at radius 3 is 2.63 bits per heavy atom. The molecule has 0 bridgehead atoms. The SMILES string of the molecule is CCNC(C)CCCCOc1cccc(C(C)C)c1. The molecule has 1 aromatic carbocycles. The van der Waals surface area contributed by atoms with E-state index in [-0.39, 0.29) is 0 Å². The Labute approximate surface area is 118 Å². The summed E-state index contributed by atoms with van der Waals surface area (Å²) in [5, 5.41) is 3.43. The van der Waals surface area contributed by atoms with Crippen LogP contribution < -0.4 is 10.1 Å². The Hall–Kier alpha value is -1.02. The molecule has 1 N–H and O–H groups in total. The molecule has 0 heterocycles. The zero-order valence-corrected chi connectivity index (χ0v) is 12.9. The Bertz CT molecular complexity index is 349. The molecule has 0 aliphatic rings. The molecule has 108 valence electrons. The molecule has 1 rings (SSSR count). The van der Waals surface area contributed by atoms with E-state index in [0.29, 0.717) is 12.0 Å². The van der Waals surface area contributed by atoms with E-state index in [4.69, 9.17) is 4.74 Å². The smallest absolute Gasteiger partial charge is 0.119 e. The molecule has 1 aromatic rings. The third kappa shape index (κ3) is 6.63. The number of benzene rings is 1. The third-order valence-corrected chi connectivity index (χ3v) is 3.38. The van der Waals surface area contributed by atoms with E-state index in [0.717, 1.165) is 25.3 Å². The van der Waals surface area contributed by atoms with Crippen LogP contribution in [-0.4, -0.2) is 19.2 Å². The van der Waals surface area contributed by atoms with Gasteiger partial charge in [-0.1, -0.05) is 32.9 Å². The molecule has 0 radical (unpaired) electrons. The van der Waals surface area contributed by atoms with E-state index < -0.39 is 0 Å². The van der Waals surface area contributed by atoms with Crippen LogP contribution in [0.1, 0.15) is 58.4 Å². The van der Waals surface area contributed by atoms with Crippen molar-refractivity contribution in [3.63, 3.8) is 0 Å². The highest BCUT2D eigenvalue weighted by molar-refractivity contribution is 5.30. The summed E-state index contributed by atoms with van der Waals surface area (Å²) in [6.45, 7) is 10.7. The van der Waals surface area contributed by atoms with Crippen molar-refractivity contribution in [1.82, 2.24) is 5.32 Å². The summed E-state index contributed by atoms with van der Waals surface area (Å²) in [7, 11) is 0. The fraction of sp³-hybridized carbons (Fsp3) is 0.647. The van der Waals surface area contributed by atoms with Gasteiger partial charge in [0.05, 0.1) is 6.61 Å².